The molecule has 4 N–H and O–H groups in total. The molecule has 0 unspecified atom stereocenters. The van der Waals surface area contributed by atoms with E-state index in [1.807, 2.05) is 12.3 Å². The third-order valence-electron chi connectivity index (χ3n) is 5.73. The van der Waals surface area contributed by atoms with E-state index in [1.54, 1.807) is 6.20 Å². The zero-order chi connectivity index (χ0) is 20.2. The molecule has 0 aliphatic carbocycles. The largest absolute Gasteiger partial charge is 0.353 e. The number of H-pyrrole nitrogens is 2. The number of anilines is 1. The van der Waals surface area contributed by atoms with E-state index in [0.717, 1.165) is 63.4 Å². The summed E-state index contributed by atoms with van der Waals surface area (Å²) in [6.45, 7) is 3.82. The molecule has 148 valence electrons. The minimum atomic E-state index is 0.243. The number of nitrogens with zero attached hydrogens (tertiary/aromatic N) is 4. The molecule has 0 radical (unpaired) electrons. The zero-order valence-electron chi connectivity index (χ0n) is 16.6. The molecule has 1 aliphatic heterocycles. The van der Waals surface area contributed by atoms with Crippen LogP contribution in [0.25, 0.3) is 44.5 Å². The number of rotatable bonds is 3. The minimum absolute atomic E-state index is 0.243. The lowest BCUT2D eigenvalue weighted by molar-refractivity contribution is 0.514. The lowest BCUT2D eigenvalue weighted by atomic mass is 10.0. The number of aromatic amines is 2. The SMILES string of the molecule is Cc1cc(-c2ccc3[nH]nc(-c4cc5ccncc5[nH]4)c3c2)nc(N2CC(N)C2)c1. The van der Waals surface area contributed by atoms with Crippen molar-refractivity contribution in [3.8, 4) is 22.6 Å². The third kappa shape index (κ3) is 2.74. The second-order valence-corrected chi connectivity index (χ2v) is 8.03. The Bertz CT molecular complexity index is 1360. The maximum Gasteiger partial charge on any atom is 0.129 e. The molecule has 0 spiro atoms. The molecule has 5 heterocycles. The fourth-order valence-electron chi connectivity index (χ4n) is 4.14. The van der Waals surface area contributed by atoms with Gasteiger partial charge in [-0.2, -0.15) is 5.10 Å². The number of hydrogen-bond donors (Lipinski definition) is 3. The van der Waals surface area contributed by atoms with Gasteiger partial charge in [-0.3, -0.25) is 10.1 Å². The number of aromatic nitrogens is 5. The first kappa shape index (κ1) is 17.2. The molecule has 7 nitrogen and oxygen atoms in total. The highest BCUT2D eigenvalue weighted by atomic mass is 15.3. The van der Waals surface area contributed by atoms with Crippen molar-refractivity contribution in [3.63, 3.8) is 0 Å². The van der Waals surface area contributed by atoms with E-state index in [2.05, 4.69) is 68.4 Å². The average Bonchev–Trinajstić information content (AvgIpc) is 3.34. The van der Waals surface area contributed by atoms with Crippen molar-refractivity contribution >= 4 is 27.6 Å². The van der Waals surface area contributed by atoms with Crippen LogP contribution in [0.1, 0.15) is 5.56 Å². The van der Waals surface area contributed by atoms with Crippen molar-refractivity contribution < 1.29 is 0 Å². The molecule has 0 amide bonds. The summed E-state index contributed by atoms with van der Waals surface area (Å²) in [5.41, 5.74) is 13.0. The fraction of sp³-hybridized carbons (Fsp3) is 0.174. The molecule has 1 aliphatic rings. The van der Waals surface area contributed by atoms with Gasteiger partial charge in [0, 0.05) is 41.7 Å². The Kier molecular flexibility index (Phi) is 3.66. The van der Waals surface area contributed by atoms with Crippen LogP contribution in [0.2, 0.25) is 0 Å². The normalized spacial score (nSPS) is 14.5. The van der Waals surface area contributed by atoms with Crippen molar-refractivity contribution in [1.29, 1.82) is 0 Å². The van der Waals surface area contributed by atoms with Gasteiger partial charge in [0.15, 0.2) is 0 Å². The zero-order valence-corrected chi connectivity index (χ0v) is 16.6. The summed E-state index contributed by atoms with van der Waals surface area (Å²) in [5.74, 6) is 0.988. The van der Waals surface area contributed by atoms with Crippen LogP contribution in [0.15, 0.2) is 54.9 Å². The van der Waals surface area contributed by atoms with E-state index in [1.165, 1.54) is 5.56 Å². The van der Waals surface area contributed by atoms with Crippen LogP contribution < -0.4 is 10.6 Å². The van der Waals surface area contributed by atoms with Crippen LogP contribution in [-0.4, -0.2) is 44.3 Å². The lowest BCUT2D eigenvalue weighted by Gasteiger charge is -2.38. The standard InChI is InChI=1S/C23H21N7/c1-13-6-19(27-22(7-13)30-11-16(24)12-30)14-2-3-18-17(8-14)23(29-28-18)20-9-15-4-5-25-10-21(15)26-20/h2-10,16,26H,11-12,24H2,1H3,(H,28,29). The van der Waals surface area contributed by atoms with Gasteiger partial charge in [0.2, 0.25) is 0 Å². The van der Waals surface area contributed by atoms with Crippen LogP contribution in [0.4, 0.5) is 5.82 Å². The van der Waals surface area contributed by atoms with Gasteiger partial charge in [-0.05, 0) is 48.9 Å². The number of hydrogen-bond acceptors (Lipinski definition) is 5. The van der Waals surface area contributed by atoms with Gasteiger partial charge in [0.1, 0.15) is 11.5 Å². The lowest BCUT2D eigenvalue weighted by Crippen LogP contribution is -2.56. The predicted molar refractivity (Wildman–Crippen MR) is 119 cm³/mol. The molecule has 0 bridgehead atoms. The highest BCUT2D eigenvalue weighted by molar-refractivity contribution is 5.97. The Labute approximate surface area is 173 Å². The number of nitrogens with two attached hydrogens (primary N) is 1. The Morgan fingerprint density at radius 1 is 1.07 bits per heavy atom. The first-order valence-corrected chi connectivity index (χ1v) is 10.0. The second kappa shape index (κ2) is 6.40. The van der Waals surface area contributed by atoms with Crippen LogP contribution in [0.3, 0.4) is 0 Å². The number of nitrogens with one attached hydrogen (secondary N) is 2. The van der Waals surface area contributed by atoms with Crippen LogP contribution in [0, 0.1) is 6.92 Å². The van der Waals surface area contributed by atoms with Gasteiger partial charge in [-0.15, -0.1) is 0 Å². The molecular weight excluding hydrogens is 374 g/mol. The number of fused-ring (bicyclic) bond motifs is 2. The summed E-state index contributed by atoms with van der Waals surface area (Å²) >= 11 is 0. The van der Waals surface area contributed by atoms with Gasteiger partial charge in [0.25, 0.3) is 0 Å². The van der Waals surface area contributed by atoms with Crippen LogP contribution in [-0.2, 0) is 0 Å². The first-order chi connectivity index (χ1) is 14.6. The van der Waals surface area contributed by atoms with Gasteiger partial charge >= 0.3 is 0 Å². The summed E-state index contributed by atoms with van der Waals surface area (Å²) in [5, 5.41) is 9.89. The van der Waals surface area contributed by atoms with E-state index in [0.29, 0.717) is 0 Å². The molecule has 1 saturated heterocycles. The summed E-state index contributed by atoms with van der Waals surface area (Å²) in [4.78, 5) is 14.7. The van der Waals surface area contributed by atoms with E-state index in [-0.39, 0.29) is 6.04 Å². The number of aryl methyl sites for hydroxylation is 1. The molecule has 5 aromatic rings. The van der Waals surface area contributed by atoms with E-state index >= 15 is 0 Å². The van der Waals surface area contributed by atoms with E-state index in [9.17, 15) is 0 Å². The van der Waals surface area contributed by atoms with Crippen molar-refractivity contribution in [3.05, 3.63) is 60.4 Å². The summed E-state index contributed by atoms with van der Waals surface area (Å²) < 4.78 is 0. The molecule has 4 aromatic heterocycles. The number of pyridine rings is 2. The Morgan fingerprint density at radius 2 is 1.97 bits per heavy atom. The Balaban J connectivity index is 1.45. The smallest absolute Gasteiger partial charge is 0.129 e. The highest BCUT2D eigenvalue weighted by Gasteiger charge is 2.24. The predicted octanol–water partition coefficient (Wildman–Crippen LogP) is 3.62. The molecule has 30 heavy (non-hydrogen) atoms. The molecule has 6 rings (SSSR count). The quantitative estimate of drug-likeness (QED) is 0.433. The molecule has 0 saturated carbocycles. The Hall–Kier alpha value is -3.71. The van der Waals surface area contributed by atoms with Gasteiger partial charge in [0.05, 0.1) is 28.6 Å². The molecular formula is C23H21N7. The van der Waals surface area contributed by atoms with E-state index in [4.69, 9.17) is 10.7 Å². The average molecular weight is 395 g/mol. The molecule has 1 fully saturated rings. The van der Waals surface area contributed by atoms with Gasteiger partial charge in [-0.25, -0.2) is 4.98 Å². The topological polar surface area (TPSA) is 99.5 Å². The summed E-state index contributed by atoms with van der Waals surface area (Å²) in [7, 11) is 0. The second-order valence-electron chi connectivity index (χ2n) is 8.03. The first-order valence-electron chi connectivity index (χ1n) is 10.0. The summed E-state index contributed by atoms with van der Waals surface area (Å²) in [6, 6.07) is 14.9. The van der Waals surface area contributed by atoms with Crippen molar-refractivity contribution in [2.45, 2.75) is 13.0 Å². The number of benzene rings is 1. The molecule has 1 aromatic carbocycles. The highest BCUT2D eigenvalue weighted by Crippen LogP contribution is 2.32. The van der Waals surface area contributed by atoms with Crippen LogP contribution in [0.5, 0.6) is 0 Å². The maximum atomic E-state index is 5.96. The molecule has 7 heteroatoms. The Morgan fingerprint density at radius 3 is 2.80 bits per heavy atom. The van der Waals surface area contributed by atoms with E-state index < -0.39 is 0 Å². The minimum Gasteiger partial charge on any atom is -0.353 e. The molecule has 0 atom stereocenters. The fourth-order valence-corrected chi connectivity index (χ4v) is 4.14. The van der Waals surface area contributed by atoms with Crippen molar-refractivity contribution in [2.24, 2.45) is 5.73 Å². The van der Waals surface area contributed by atoms with Gasteiger partial charge < -0.3 is 15.6 Å². The van der Waals surface area contributed by atoms with Crippen molar-refractivity contribution in [1.82, 2.24) is 25.1 Å². The van der Waals surface area contributed by atoms with Crippen molar-refractivity contribution in [2.75, 3.05) is 18.0 Å². The third-order valence-corrected chi connectivity index (χ3v) is 5.73. The summed E-state index contributed by atoms with van der Waals surface area (Å²) in [6.07, 6.45) is 3.63. The van der Waals surface area contributed by atoms with Crippen LogP contribution >= 0.6 is 0 Å². The monoisotopic (exact) mass is 395 g/mol. The maximum absolute atomic E-state index is 5.96. The van der Waals surface area contributed by atoms with Gasteiger partial charge in [-0.1, -0.05) is 6.07 Å².